The number of nitrogens with zero attached hydrogens (tertiary/aromatic N) is 1. The van der Waals surface area contributed by atoms with Gasteiger partial charge in [0.2, 0.25) is 0 Å². The van der Waals surface area contributed by atoms with Crippen molar-refractivity contribution >= 4 is 11.9 Å². The summed E-state index contributed by atoms with van der Waals surface area (Å²) in [5.41, 5.74) is 0.983. The third kappa shape index (κ3) is 7.03. The van der Waals surface area contributed by atoms with Crippen LogP contribution in [0.15, 0.2) is 91.0 Å². The van der Waals surface area contributed by atoms with E-state index < -0.39 is 34.4 Å². The highest BCUT2D eigenvalue weighted by molar-refractivity contribution is 5.82. The van der Waals surface area contributed by atoms with Gasteiger partial charge in [0, 0.05) is 11.6 Å². The lowest BCUT2D eigenvalue weighted by atomic mass is 9.75. The fourth-order valence-electron chi connectivity index (χ4n) is 4.62. The van der Waals surface area contributed by atoms with Crippen molar-refractivity contribution < 1.29 is 27.8 Å². The molecule has 4 aromatic rings. The average Bonchev–Trinajstić information content (AvgIpc) is 2.94. The second-order valence-corrected chi connectivity index (χ2v) is 11.1. The Balaban J connectivity index is 1.38. The standard InChI is InChI=1S/C34H29F2NO4/c1-33(2,31(38)40-27-15-11-24(12-16-27)23-7-5-22(20-37)6-8-23)21-34(3,4)32(39)41-28-17-18-29(30(36)19-28)25-9-13-26(35)14-10-25/h5-19H,21H2,1-4H3. The van der Waals surface area contributed by atoms with Crippen molar-refractivity contribution in [2.75, 3.05) is 0 Å². The molecule has 0 heterocycles. The SMILES string of the molecule is CC(C)(CC(C)(C)C(=O)Oc1ccc(-c2ccc(F)cc2)c(F)c1)C(=O)Oc1ccc(-c2ccc(C#N)cc2)cc1. The topological polar surface area (TPSA) is 76.4 Å². The molecular weight excluding hydrogens is 524 g/mol. The fourth-order valence-corrected chi connectivity index (χ4v) is 4.62. The van der Waals surface area contributed by atoms with Gasteiger partial charge in [-0.3, -0.25) is 9.59 Å². The second-order valence-electron chi connectivity index (χ2n) is 11.1. The molecule has 0 bridgehead atoms. The molecule has 0 amide bonds. The first-order valence-electron chi connectivity index (χ1n) is 13.0. The van der Waals surface area contributed by atoms with Gasteiger partial charge in [0.25, 0.3) is 0 Å². The minimum Gasteiger partial charge on any atom is -0.426 e. The number of ether oxygens (including phenoxy) is 2. The molecule has 0 radical (unpaired) electrons. The number of esters is 2. The van der Waals surface area contributed by atoms with E-state index in [9.17, 15) is 18.4 Å². The first kappa shape index (κ1) is 29.2. The zero-order valence-corrected chi connectivity index (χ0v) is 23.2. The van der Waals surface area contributed by atoms with Crippen LogP contribution >= 0.6 is 0 Å². The number of nitriles is 1. The van der Waals surface area contributed by atoms with Crippen LogP contribution in [0.5, 0.6) is 11.5 Å². The molecule has 0 aliphatic carbocycles. The minimum absolute atomic E-state index is 0.0224. The van der Waals surface area contributed by atoms with Gasteiger partial charge in [-0.25, -0.2) is 8.78 Å². The molecule has 0 N–H and O–H groups in total. The Morgan fingerprint density at radius 3 is 1.66 bits per heavy atom. The average molecular weight is 554 g/mol. The second kappa shape index (κ2) is 11.7. The van der Waals surface area contributed by atoms with Gasteiger partial charge < -0.3 is 9.47 Å². The van der Waals surface area contributed by atoms with Crippen LogP contribution in [0.4, 0.5) is 8.78 Å². The highest BCUT2D eigenvalue weighted by Crippen LogP contribution is 2.37. The lowest BCUT2D eigenvalue weighted by Crippen LogP contribution is -2.39. The van der Waals surface area contributed by atoms with E-state index in [1.54, 1.807) is 52.0 Å². The molecule has 0 fully saturated rings. The number of rotatable bonds is 8. The summed E-state index contributed by atoms with van der Waals surface area (Å²) in [6.07, 6.45) is 0.108. The van der Waals surface area contributed by atoms with Gasteiger partial charge in [0.05, 0.1) is 22.5 Å². The Morgan fingerprint density at radius 2 is 1.15 bits per heavy atom. The Labute approximate surface area is 238 Å². The molecule has 4 aromatic carbocycles. The number of carbonyl (C=O) groups is 2. The summed E-state index contributed by atoms with van der Waals surface area (Å²) in [5, 5.41) is 8.97. The maximum absolute atomic E-state index is 14.8. The molecule has 0 saturated heterocycles. The molecule has 0 aromatic heterocycles. The first-order valence-corrected chi connectivity index (χ1v) is 13.0. The predicted molar refractivity (Wildman–Crippen MR) is 152 cm³/mol. The van der Waals surface area contributed by atoms with E-state index in [1.807, 2.05) is 24.3 Å². The quantitative estimate of drug-likeness (QED) is 0.163. The van der Waals surface area contributed by atoms with Crippen LogP contribution in [0.25, 0.3) is 22.3 Å². The Kier molecular flexibility index (Phi) is 8.34. The Morgan fingerprint density at radius 1 is 0.683 bits per heavy atom. The molecular formula is C34H29F2NO4. The lowest BCUT2D eigenvalue weighted by Gasteiger charge is -2.31. The molecule has 0 atom stereocenters. The van der Waals surface area contributed by atoms with E-state index in [2.05, 4.69) is 6.07 Å². The summed E-state index contributed by atoms with van der Waals surface area (Å²) in [7, 11) is 0. The van der Waals surface area contributed by atoms with E-state index in [-0.39, 0.29) is 17.7 Å². The van der Waals surface area contributed by atoms with Crippen LogP contribution in [0.3, 0.4) is 0 Å². The third-order valence-corrected chi connectivity index (χ3v) is 6.71. The van der Waals surface area contributed by atoms with Crippen LogP contribution in [0, 0.1) is 33.8 Å². The van der Waals surface area contributed by atoms with Gasteiger partial charge in [0.15, 0.2) is 0 Å². The fraction of sp³-hybridized carbons (Fsp3) is 0.206. The maximum Gasteiger partial charge on any atom is 0.316 e. The lowest BCUT2D eigenvalue weighted by molar-refractivity contribution is -0.151. The number of benzene rings is 4. The van der Waals surface area contributed by atoms with Crippen molar-refractivity contribution in [3.05, 3.63) is 108 Å². The maximum atomic E-state index is 14.8. The van der Waals surface area contributed by atoms with Crippen molar-refractivity contribution in [1.29, 1.82) is 5.26 Å². The predicted octanol–water partition coefficient (Wildman–Crippen LogP) is 8.12. The highest BCUT2D eigenvalue weighted by Gasteiger charge is 2.41. The zero-order valence-electron chi connectivity index (χ0n) is 23.2. The number of halogens is 2. The van der Waals surface area contributed by atoms with Crippen molar-refractivity contribution in [3.63, 3.8) is 0 Å². The van der Waals surface area contributed by atoms with Crippen molar-refractivity contribution in [3.8, 4) is 39.8 Å². The first-order chi connectivity index (χ1) is 19.4. The van der Waals surface area contributed by atoms with Crippen molar-refractivity contribution in [2.24, 2.45) is 10.8 Å². The van der Waals surface area contributed by atoms with Gasteiger partial charge in [-0.15, -0.1) is 0 Å². The Bertz CT molecular complexity index is 1600. The van der Waals surface area contributed by atoms with Gasteiger partial charge >= 0.3 is 11.9 Å². The van der Waals surface area contributed by atoms with Crippen molar-refractivity contribution in [1.82, 2.24) is 0 Å². The van der Waals surface area contributed by atoms with E-state index in [0.29, 0.717) is 16.9 Å². The normalized spacial score (nSPS) is 11.4. The summed E-state index contributed by atoms with van der Waals surface area (Å²) in [4.78, 5) is 26.1. The van der Waals surface area contributed by atoms with Crippen LogP contribution < -0.4 is 9.47 Å². The summed E-state index contributed by atoms with van der Waals surface area (Å²) in [6, 6.07) is 25.7. The van der Waals surface area contributed by atoms with E-state index in [1.165, 1.54) is 36.4 Å². The summed E-state index contributed by atoms with van der Waals surface area (Å²) in [6.45, 7) is 6.68. The molecule has 0 aliphatic heterocycles. The van der Waals surface area contributed by atoms with Crippen LogP contribution in [-0.2, 0) is 9.59 Å². The number of hydrogen-bond donors (Lipinski definition) is 0. The number of carbonyl (C=O) groups excluding carboxylic acids is 2. The molecule has 0 spiro atoms. The van der Waals surface area contributed by atoms with E-state index in [4.69, 9.17) is 14.7 Å². The molecule has 41 heavy (non-hydrogen) atoms. The Hall–Kier alpha value is -4.83. The van der Waals surface area contributed by atoms with Gasteiger partial charge in [-0.1, -0.05) is 36.4 Å². The monoisotopic (exact) mass is 553 g/mol. The smallest absolute Gasteiger partial charge is 0.316 e. The molecule has 0 unspecified atom stereocenters. The molecule has 0 saturated carbocycles. The molecule has 4 rings (SSSR count). The highest BCUT2D eigenvalue weighted by atomic mass is 19.1. The van der Waals surface area contributed by atoms with Crippen LogP contribution in [0.1, 0.15) is 39.7 Å². The van der Waals surface area contributed by atoms with Gasteiger partial charge in [0.1, 0.15) is 23.1 Å². The molecule has 7 heteroatoms. The van der Waals surface area contributed by atoms with Crippen LogP contribution in [0.2, 0.25) is 0 Å². The molecule has 208 valence electrons. The van der Waals surface area contributed by atoms with E-state index in [0.717, 1.165) is 17.2 Å². The van der Waals surface area contributed by atoms with Gasteiger partial charge in [-0.05, 0) is 99.3 Å². The third-order valence-electron chi connectivity index (χ3n) is 6.71. The summed E-state index contributed by atoms with van der Waals surface area (Å²) < 4.78 is 39.1. The van der Waals surface area contributed by atoms with Crippen molar-refractivity contribution in [2.45, 2.75) is 34.1 Å². The van der Waals surface area contributed by atoms with Crippen LogP contribution in [-0.4, -0.2) is 11.9 Å². The molecule has 5 nitrogen and oxygen atoms in total. The summed E-state index contributed by atoms with van der Waals surface area (Å²) >= 11 is 0. The number of hydrogen-bond acceptors (Lipinski definition) is 5. The molecule has 0 aliphatic rings. The minimum atomic E-state index is -1.10. The largest absolute Gasteiger partial charge is 0.426 e. The summed E-state index contributed by atoms with van der Waals surface area (Å²) in [5.74, 6) is -1.80. The van der Waals surface area contributed by atoms with Gasteiger partial charge in [-0.2, -0.15) is 5.26 Å². The van der Waals surface area contributed by atoms with E-state index >= 15 is 0 Å². The zero-order chi connectivity index (χ0) is 29.8.